The summed E-state index contributed by atoms with van der Waals surface area (Å²) in [6.45, 7) is 3.03. The highest BCUT2D eigenvalue weighted by atomic mass is 16.4. The number of piperidine rings is 1. The van der Waals surface area contributed by atoms with Gasteiger partial charge >= 0.3 is 5.97 Å². The van der Waals surface area contributed by atoms with Gasteiger partial charge in [0, 0.05) is 24.3 Å². The summed E-state index contributed by atoms with van der Waals surface area (Å²) in [7, 11) is 0. The molecule has 0 bridgehead atoms. The molecule has 0 saturated carbocycles. The molecule has 1 aromatic carbocycles. The van der Waals surface area contributed by atoms with Crippen LogP contribution in [0.5, 0.6) is 0 Å². The van der Waals surface area contributed by atoms with Gasteiger partial charge in [-0.05, 0) is 50.7 Å². The number of carbonyl (C=O) groups is 2. The number of rotatable bonds is 3. The predicted octanol–water partition coefficient (Wildman–Crippen LogP) is 2.61. The number of fused-ring (bicyclic) bond motifs is 1. The van der Waals surface area contributed by atoms with Crippen molar-refractivity contribution in [2.75, 3.05) is 13.1 Å². The lowest BCUT2D eigenvalue weighted by molar-refractivity contribution is -0.143. The number of aryl methyl sites for hydroxylation is 1. The topological polar surface area (TPSA) is 75.4 Å². The third-order valence-electron chi connectivity index (χ3n) is 5.61. The van der Waals surface area contributed by atoms with E-state index in [0.717, 1.165) is 41.8 Å². The van der Waals surface area contributed by atoms with Crippen LogP contribution in [0.15, 0.2) is 24.3 Å². The van der Waals surface area contributed by atoms with Crippen LogP contribution in [-0.4, -0.2) is 44.8 Å². The van der Waals surface area contributed by atoms with E-state index in [2.05, 4.69) is 13.0 Å². The molecule has 2 aromatic rings. The zero-order valence-corrected chi connectivity index (χ0v) is 14.9. The van der Waals surface area contributed by atoms with Gasteiger partial charge in [0.15, 0.2) is 5.69 Å². The first-order chi connectivity index (χ1) is 12.6. The standard InChI is InChI=1S/C20H23N3O3/c1-13-5-2-3-7-16(13)23-17-8-4-6-15(17)18(21-23)19(24)22-11-9-14(10-12-22)20(25)26/h2-3,5,7,14H,4,6,8-12H2,1H3,(H,25,26). The molecule has 0 unspecified atom stereocenters. The van der Waals surface area contributed by atoms with Gasteiger partial charge in [-0.2, -0.15) is 5.10 Å². The second-order valence-electron chi connectivity index (χ2n) is 7.23. The Bertz CT molecular complexity index is 863. The third-order valence-corrected chi connectivity index (χ3v) is 5.61. The first-order valence-electron chi connectivity index (χ1n) is 9.25. The van der Waals surface area contributed by atoms with Crippen LogP contribution < -0.4 is 0 Å². The minimum atomic E-state index is -0.762. The highest BCUT2D eigenvalue weighted by Crippen LogP contribution is 2.30. The maximum atomic E-state index is 13.1. The molecule has 1 saturated heterocycles. The van der Waals surface area contributed by atoms with Gasteiger partial charge in [-0.25, -0.2) is 4.68 Å². The largest absolute Gasteiger partial charge is 0.481 e. The third kappa shape index (κ3) is 2.79. The second kappa shape index (κ2) is 6.59. The summed E-state index contributed by atoms with van der Waals surface area (Å²) in [4.78, 5) is 26.0. The summed E-state index contributed by atoms with van der Waals surface area (Å²) >= 11 is 0. The average Bonchev–Trinajstić information content (AvgIpc) is 3.24. The van der Waals surface area contributed by atoms with Gasteiger partial charge in [0.05, 0.1) is 11.6 Å². The Balaban J connectivity index is 1.64. The van der Waals surface area contributed by atoms with Crippen LogP contribution in [-0.2, 0) is 17.6 Å². The second-order valence-corrected chi connectivity index (χ2v) is 7.23. The fourth-order valence-electron chi connectivity index (χ4n) is 4.09. The van der Waals surface area contributed by atoms with Gasteiger partial charge in [0.1, 0.15) is 0 Å². The Hall–Kier alpha value is -2.63. The van der Waals surface area contributed by atoms with E-state index in [9.17, 15) is 9.59 Å². The Morgan fingerprint density at radius 2 is 1.88 bits per heavy atom. The molecule has 2 heterocycles. The van der Waals surface area contributed by atoms with Crippen LogP contribution in [0.1, 0.15) is 46.6 Å². The van der Waals surface area contributed by atoms with Crippen molar-refractivity contribution in [1.29, 1.82) is 0 Å². The molecule has 0 atom stereocenters. The van der Waals surface area contributed by atoms with Crippen LogP contribution in [0.4, 0.5) is 0 Å². The van der Waals surface area contributed by atoms with Crippen LogP contribution in [0.2, 0.25) is 0 Å². The molecule has 0 spiro atoms. The molecule has 136 valence electrons. The summed E-state index contributed by atoms with van der Waals surface area (Å²) in [6, 6.07) is 8.08. The molecular weight excluding hydrogens is 330 g/mol. The van der Waals surface area contributed by atoms with E-state index < -0.39 is 5.97 Å². The molecule has 1 aromatic heterocycles. The quantitative estimate of drug-likeness (QED) is 0.920. The molecule has 0 radical (unpaired) electrons. The maximum Gasteiger partial charge on any atom is 0.306 e. The van der Waals surface area contributed by atoms with Crippen molar-refractivity contribution in [2.45, 2.75) is 39.0 Å². The SMILES string of the molecule is Cc1ccccc1-n1nc(C(=O)N2CCC(C(=O)O)CC2)c2c1CCC2. The molecule has 1 aliphatic heterocycles. The van der Waals surface area contributed by atoms with Crippen molar-refractivity contribution < 1.29 is 14.7 Å². The molecule has 1 fully saturated rings. The lowest BCUT2D eigenvalue weighted by Crippen LogP contribution is -2.40. The molecule has 6 heteroatoms. The van der Waals surface area contributed by atoms with E-state index >= 15 is 0 Å². The zero-order valence-electron chi connectivity index (χ0n) is 14.9. The lowest BCUT2D eigenvalue weighted by atomic mass is 9.97. The number of carbonyl (C=O) groups excluding carboxylic acids is 1. The van der Waals surface area contributed by atoms with Gasteiger partial charge in [-0.3, -0.25) is 9.59 Å². The van der Waals surface area contributed by atoms with Crippen molar-refractivity contribution in [1.82, 2.24) is 14.7 Å². The molecule has 26 heavy (non-hydrogen) atoms. The number of carboxylic acid groups (broad SMARTS) is 1. The molecule has 4 rings (SSSR count). The molecule has 1 aliphatic carbocycles. The van der Waals surface area contributed by atoms with Crippen molar-refractivity contribution in [3.8, 4) is 5.69 Å². The fraction of sp³-hybridized carbons (Fsp3) is 0.450. The van der Waals surface area contributed by atoms with Crippen molar-refractivity contribution in [3.63, 3.8) is 0 Å². The predicted molar refractivity (Wildman–Crippen MR) is 96.6 cm³/mol. The van der Waals surface area contributed by atoms with E-state index in [0.29, 0.717) is 31.6 Å². The summed E-state index contributed by atoms with van der Waals surface area (Å²) in [5.41, 5.74) is 4.91. The number of hydrogen-bond acceptors (Lipinski definition) is 3. The van der Waals surface area contributed by atoms with E-state index in [4.69, 9.17) is 10.2 Å². The Kier molecular flexibility index (Phi) is 4.26. The molecule has 1 N–H and O–H groups in total. The van der Waals surface area contributed by atoms with Crippen LogP contribution in [0, 0.1) is 12.8 Å². The van der Waals surface area contributed by atoms with Gasteiger partial charge in [0.25, 0.3) is 5.91 Å². The lowest BCUT2D eigenvalue weighted by Gasteiger charge is -2.29. The first-order valence-corrected chi connectivity index (χ1v) is 9.25. The zero-order chi connectivity index (χ0) is 18.3. The number of amides is 1. The minimum absolute atomic E-state index is 0.0562. The normalized spacial score (nSPS) is 17.3. The number of hydrogen-bond donors (Lipinski definition) is 1. The van der Waals surface area contributed by atoms with Crippen molar-refractivity contribution >= 4 is 11.9 Å². The van der Waals surface area contributed by atoms with Crippen LogP contribution in [0.25, 0.3) is 5.69 Å². The maximum absolute atomic E-state index is 13.1. The number of likely N-dealkylation sites (tertiary alicyclic amines) is 1. The molecule has 6 nitrogen and oxygen atoms in total. The number of benzene rings is 1. The Labute approximate surface area is 152 Å². The highest BCUT2D eigenvalue weighted by molar-refractivity contribution is 5.94. The van der Waals surface area contributed by atoms with E-state index in [1.807, 2.05) is 22.9 Å². The smallest absolute Gasteiger partial charge is 0.306 e. The van der Waals surface area contributed by atoms with Gasteiger partial charge in [0.2, 0.25) is 0 Å². The Morgan fingerprint density at radius 3 is 2.58 bits per heavy atom. The average molecular weight is 353 g/mol. The van der Waals surface area contributed by atoms with Gasteiger partial charge in [-0.15, -0.1) is 0 Å². The molecular formula is C20H23N3O3. The minimum Gasteiger partial charge on any atom is -0.481 e. The monoisotopic (exact) mass is 353 g/mol. The van der Waals surface area contributed by atoms with Crippen LogP contribution in [0.3, 0.4) is 0 Å². The molecule has 1 amide bonds. The number of aliphatic carboxylic acids is 1. The van der Waals surface area contributed by atoms with Crippen LogP contribution >= 0.6 is 0 Å². The fourth-order valence-corrected chi connectivity index (χ4v) is 4.09. The summed E-state index contributed by atoms with van der Waals surface area (Å²) in [6.07, 6.45) is 3.89. The van der Waals surface area contributed by atoms with Crippen molar-refractivity contribution in [3.05, 3.63) is 46.8 Å². The number of carboxylic acids is 1. The summed E-state index contributed by atoms with van der Waals surface area (Å²) in [5, 5.41) is 13.8. The highest BCUT2D eigenvalue weighted by Gasteiger charge is 2.32. The molecule has 2 aliphatic rings. The summed E-state index contributed by atoms with van der Waals surface area (Å²) in [5.74, 6) is -1.16. The Morgan fingerprint density at radius 1 is 1.15 bits per heavy atom. The van der Waals surface area contributed by atoms with Gasteiger partial charge < -0.3 is 10.0 Å². The van der Waals surface area contributed by atoms with E-state index in [1.54, 1.807) is 4.90 Å². The van der Waals surface area contributed by atoms with Crippen molar-refractivity contribution in [2.24, 2.45) is 5.92 Å². The number of aromatic nitrogens is 2. The van der Waals surface area contributed by atoms with E-state index in [1.165, 1.54) is 0 Å². The van der Waals surface area contributed by atoms with E-state index in [-0.39, 0.29) is 11.8 Å². The number of nitrogens with zero attached hydrogens (tertiary/aromatic N) is 3. The first kappa shape index (κ1) is 16.8. The van der Waals surface area contributed by atoms with Gasteiger partial charge in [-0.1, -0.05) is 18.2 Å². The number of para-hydroxylation sites is 1. The summed E-state index contributed by atoms with van der Waals surface area (Å²) < 4.78 is 1.94.